The van der Waals surface area contributed by atoms with Gasteiger partial charge in [-0.2, -0.15) is 0 Å². The molecule has 0 heterocycles. The maximum Gasteiger partial charge on any atom is 0.141 e. The Balaban J connectivity index is 1.68. The molecule has 102 valence electrons. The Labute approximate surface area is 126 Å². The summed E-state index contributed by atoms with van der Waals surface area (Å²) in [6.45, 7) is 0. The van der Waals surface area contributed by atoms with Crippen molar-refractivity contribution in [3.8, 4) is 0 Å². The lowest BCUT2D eigenvalue weighted by molar-refractivity contribution is -0.119. The summed E-state index contributed by atoms with van der Waals surface area (Å²) in [5, 5.41) is 0. The average molecular weight is 333 g/mol. The van der Waals surface area contributed by atoms with Crippen molar-refractivity contribution in [3.05, 3.63) is 69.9 Å². The van der Waals surface area contributed by atoms with Crippen LogP contribution < -0.4 is 0 Å². The van der Waals surface area contributed by atoms with E-state index in [1.54, 1.807) is 6.07 Å². The molecule has 2 aromatic rings. The SMILES string of the molecule is O=C(Cc1cc(F)ccc1Br)C1CC1c1ccccc1. The number of halogens is 2. The Morgan fingerprint density at radius 1 is 1.20 bits per heavy atom. The first-order chi connectivity index (χ1) is 9.65. The van der Waals surface area contributed by atoms with Gasteiger partial charge in [0.2, 0.25) is 0 Å². The van der Waals surface area contributed by atoms with Crippen LogP contribution in [0.25, 0.3) is 0 Å². The third kappa shape index (κ3) is 2.83. The fourth-order valence-corrected chi connectivity index (χ4v) is 3.00. The van der Waals surface area contributed by atoms with Gasteiger partial charge in [-0.05, 0) is 41.7 Å². The smallest absolute Gasteiger partial charge is 0.141 e. The second-order valence-electron chi connectivity index (χ2n) is 5.24. The molecule has 3 heteroatoms. The van der Waals surface area contributed by atoms with E-state index in [0.29, 0.717) is 12.3 Å². The maximum absolute atomic E-state index is 13.2. The van der Waals surface area contributed by atoms with Crippen LogP contribution in [-0.2, 0) is 11.2 Å². The van der Waals surface area contributed by atoms with Gasteiger partial charge >= 0.3 is 0 Å². The summed E-state index contributed by atoms with van der Waals surface area (Å²) in [4.78, 5) is 12.3. The summed E-state index contributed by atoms with van der Waals surface area (Å²) < 4.78 is 14.0. The van der Waals surface area contributed by atoms with E-state index in [0.717, 1.165) is 16.5 Å². The minimum atomic E-state index is -0.300. The Bertz CT molecular complexity index is 639. The predicted molar refractivity (Wildman–Crippen MR) is 80.1 cm³/mol. The van der Waals surface area contributed by atoms with Crippen LogP contribution in [0.2, 0.25) is 0 Å². The maximum atomic E-state index is 13.2. The van der Waals surface area contributed by atoms with Crippen LogP contribution in [0.1, 0.15) is 23.5 Å². The van der Waals surface area contributed by atoms with Crippen LogP contribution in [0.5, 0.6) is 0 Å². The number of carbonyl (C=O) groups is 1. The molecule has 2 unspecified atom stereocenters. The highest BCUT2D eigenvalue weighted by atomic mass is 79.9. The van der Waals surface area contributed by atoms with Crippen LogP contribution in [0.4, 0.5) is 4.39 Å². The van der Waals surface area contributed by atoms with E-state index >= 15 is 0 Å². The van der Waals surface area contributed by atoms with Crippen molar-refractivity contribution in [3.63, 3.8) is 0 Å². The van der Waals surface area contributed by atoms with Crippen molar-refractivity contribution in [1.82, 2.24) is 0 Å². The summed E-state index contributed by atoms with van der Waals surface area (Å²) in [5.41, 5.74) is 1.96. The number of hydrogen-bond acceptors (Lipinski definition) is 1. The van der Waals surface area contributed by atoms with Crippen molar-refractivity contribution < 1.29 is 9.18 Å². The molecule has 0 aliphatic heterocycles. The van der Waals surface area contributed by atoms with E-state index in [4.69, 9.17) is 0 Å². The zero-order valence-electron chi connectivity index (χ0n) is 10.9. The Kier molecular flexibility index (Phi) is 3.70. The van der Waals surface area contributed by atoms with E-state index in [1.807, 2.05) is 18.2 Å². The second kappa shape index (κ2) is 5.49. The first-order valence-corrected chi connectivity index (χ1v) is 7.46. The summed E-state index contributed by atoms with van der Waals surface area (Å²) in [7, 11) is 0. The van der Waals surface area contributed by atoms with Gasteiger partial charge in [0, 0.05) is 16.8 Å². The molecular formula is C17H14BrFO. The molecule has 0 N–H and O–H groups in total. The minimum absolute atomic E-state index is 0.0903. The number of carbonyl (C=O) groups excluding carboxylic acids is 1. The van der Waals surface area contributed by atoms with Gasteiger partial charge in [-0.25, -0.2) is 4.39 Å². The summed E-state index contributed by atoms with van der Waals surface area (Å²) in [6, 6.07) is 14.6. The normalized spacial score (nSPS) is 20.7. The van der Waals surface area contributed by atoms with Crippen molar-refractivity contribution in [1.29, 1.82) is 0 Å². The zero-order valence-corrected chi connectivity index (χ0v) is 12.4. The van der Waals surface area contributed by atoms with Gasteiger partial charge in [-0.1, -0.05) is 46.3 Å². The number of rotatable bonds is 4. The Morgan fingerprint density at radius 3 is 2.70 bits per heavy atom. The number of ketones is 1. The zero-order chi connectivity index (χ0) is 14.1. The third-order valence-corrected chi connectivity index (χ3v) is 4.58. The highest BCUT2D eigenvalue weighted by molar-refractivity contribution is 9.10. The first-order valence-electron chi connectivity index (χ1n) is 6.67. The third-order valence-electron chi connectivity index (χ3n) is 3.80. The molecule has 0 amide bonds. The van der Waals surface area contributed by atoms with E-state index in [-0.39, 0.29) is 17.5 Å². The molecule has 20 heavy (non-hydrogen) atoms. The van der Waals surface area contributed by atoms with Crippen LogP contribution in [0.15, 0.2) is 53.0 Å². The van der Waals surface area contributed by atoms with E-state index in [1.165, 1.54) is 17.7 Å². The molecule has 0 radical (unpaired) electrons. The standard InChI is InChI=1S/C17H14BrFO/c18-16-7-6-13(19)8-12(16)9-17(20)15-10-14(15)11-4-2-1-3-5-11/h1-8,14-15H,9-10H2. The molecule has 0 bridgehead atoms. The lowest BCUT2D eigenvalue weighted by Gasteiger charge is -2.04. The largest absolute Gasteiger partial charge is 0.299 e. The first kappa shape index (κ1) is 13.5. The van der Waals surface area contributed by atoms with Gasteiger partial charge in [0.25, 0.3) is 0 Å². The average Bonchev–Trinajstić information content (AvgIpc) is 3.24. The minimum Gasteiger partial charge on any atom is -0.299 e. The number of Topliss-reactive ketones (excluding diaryl/α,β-unsaturated/α-hetero) is 1. The van der Waals surface area contributed by atoms with E-state index in [2.05, 4.69) is 28.1 Å². The molecule has 2 aromatic carbocycles. The lowest BCUT2D eigenvalue weighted by atomic mass is 10.0. The van der Waals surface area contributed by atoms with Crippen LogP contribution in [-0.4, -0.2) is 5.78 Å². The number of hydrogen-bond donors (Lipinski definition) is 0. The second-order valence-corrected chi connectivity index (χ2v) is 6.09. The molecule has 1 saturated carbocycles. The summed E-state index contributed by atoms with van der Waals surface area (Å²) in [5.74, 6) is 0.333. The quantitative estimate of drug-likeness (QED) is 0.805. The van der Waals surface area contributed by atoms with Gasteiger partial charge in [-0.3, -0.25) is 4.79 Å². The fraction of sp³-hybridized carbons (Fsp3) is 0.235. The van der Waals surface area contributed by atoms with Gasteiger partial charge in [0.1, 0.15) is 11.6 Å². The van der Waals surface area contributed by atoms with Crippen molar-refractivity contribution >= 4 is 21.7 Å². The van der Waals surface area contributed by atoms with Gasteiger partial charge in [0.05, 0.1) is 0 Å². The Hall–Kier alpha value is -1.48. The summed E-state index contributed by atoms with van der Waals surface area (Å²) in [6.07, 6.45) is 1.21. The molecule has 3 rings (SSSR count). The van der Waals surface area contributed by atoms with Crippen molar-refractivity contribution in [2.45, 2.75) is 18.8 Å². The molecule has 0 saturated heterocycles. The fourth-order valence-electron chi connectivity index (χ4n) is 2.62. The molecule has 2 atom stereocenters. The number of benzene rings is 2. The van der Waals surface area contributed by atoms with Crippen LogP contribution in [0.3, 0.4) is 0 Å². The van der Waals surface area contributed by atoms with Crippen LogP contribution >= 0.6 is 15.9 Å². The van der Waals surface area contributed by atoms with Gasteiger partial charge in [0.15, 0.2) is 0 Å². The topological polar surface area (TPSA) is 17.1 Å². The van der Waals surface area contributed by atoms with E-state index < -0.39 is 0 Å². The summed E-state index contributed by atoms with van der Waals surface area (Å²) >= 11 is 3.37. The molecule has 0 aromatic heterocycles. The molecule has 1 nitrogen and oxygen atoms in total. The molecule has 1 aliphatic carbocycles. The van der Waals surface area contributed by atoms with Gasteiger partial charge < -0.3 is 0 Å². The molecule has 1 fully saturated rings. The van der Waals surface area contributed by atoms with Gasteiger partial charge in [-0.15, -0.1) is 0 Å². The van der Waals surface area contributed by atoms with Crippen molar-refractivity contribution in [2.24, 2.45) is 5.92 Å². The molecule has 1 aliphatic rings. The monoisotopic (exact) mass is 332 g/mol. The lowest BCUT2D eigenvalue weighted by Crippen LogP contribution is -2.07. The highest BCUT2D eigenvalue weighted by Crippen LogP contribution is 2.48. The van der Waals surface area contributed by atoms with Crippen molar-refractivity contribution in [2.75, 3.05) is 0 Å². The van der Waals surface area contributed by atoms with Crippen LogP contribution in [0, 0.1) is 11.7 Å². The van der Waals surface area contributed by atoms with E-state index in [9.17, 15) is 9.18 Å². The predicted octanol–water partition coefficient (Wildman–Crippen LogP) is 4.50. The molecule has 0 spiro atoms. The highest BCUT2D eigenvalue weighted by Gasteiger charge is 2.43. The Morgan fingerprint density at radius 2 is 1.95 bits per heavy atom. The molecular weight excluding hydrogens is 319 g/mol.